The summed E-state index contributed by atoms with van der Waals surface area (Å²) in [6.45, 7) is 0. The molecule has 2 heteroatoms. The molecule has 0 heterocycles. The summed E-state index contributed by atoms with van der Waals surface area (Å²) < 4.78 is 0. The van der Waals surface area contributed by atoms with Gasteiger partial charge in [0.2, 0.25) is 0 Å². The van der Waals surface area contributed by atoms with Gasteiger partial charge in [-0.2, -0.15) is 0 Å². The SMILES string of the molecule is OC1C=C(Cc2ccccc2Cl)CCC1. The van der Waals surface area contributed by atoms with Crippen LogP contribution < -0.4 is 0 Å². The molecule has 0 spiro atoms. The van der Waals surface area contributed by atoms with Crippen molar-refractivity contribution in [3.05, 3.63) is 46.5 Å². The van der Waals surface area contributed by atoms with E-state index in [4.69, 9.17) is 11.6 Å². The molecule has 0 aromatic heterocycles. The number of allylic oxidation sites excluding steroid dienone is 1. The molecule has 1 aromatic rings. The molecule has 1 unspecified atom stereocenters. The molecule has 0 radical (unpaired) electrons. The van der Waals surface area contributed by atoms with Gasteiger partial charge in [-0.05, 0) is 37.3 Å². The van der Waals surface area contributed by atoms with Crippen molar-refractivity contribution < 1.29 is 5.11 Å². The lowest BCUT2D eigenvalue weighted by Gasteiger charge is -2.17. The lowest BCUT2D eigenvalue weighted by atomic mass is 9.93. The Morgan fingerprint density at radius 3 is 2.87 bits per heavy atom. The number of halogens is 1. The summed E-state index contributed by atoms with van der Waals surface area (Å²) in [6.07, 6.45) is 5.66. The molecule has 0 bridgehead atoms. The Bertz CT molecular complexity index is 371. The van der Waals surface area contributed by atoms with E-state index in [1.165, 1.54) is 5.57 Å². The molecule has 1 aliphatic carbocycles. The maximum Gasteiger partial charge on any atom is 0.0723 e. The first-order chi connectivity index (χ1) is 7.25. The maximum atomic E-state index is 9.52. The molecule has 1 N–H and O–H groups in total. The summed E-state index contributed by atoms with van der Waals surface area (Å²) in [4.78, 5) is 0. The van der Waals surface area contributed by atoms with Gasteiger partial charge in [0.25, 0.3) is 0 Å². The smallest absolute Gasteiger partial charge is 0.0723 e. The van der Waals surface area contributed by atoms with Gasteiger partial charge >= 0.3 is 0 Å². The second-order valence-electron chi connectivity index (χ2n) is 4.05. The van der Waals surface area contributed by atoms with Gasteiger partial charge in [0.05, 0.1) is 6.10 Å². The van der Waals surface area contributed by atoms with Crippen LogP contribution in [0.5, 0.6) is 0 Å². The number of aliphatic hydroxyl groups excluding tert-OH is 1. The predicted molar refractivity (Wildman–Crippen MR) is 63.1 cm³/mol. The highest BCUT2D eigenvalue weighted by atomic mass is 35.5. The molecule has 2 rings (SSSR count). The summed E-state index contributed by atoms with van der Waals surface area (Å²) >= 11 is 6.09. The monoisotopic (exact) mass is 222 g/mol. The van der Waals surface area contributed by atoms with Crippen LogP contribution in [0.4, 0.5) is 0 Å². The van der Waals surface area contributed by atoms with Crippen LogP contribution >= 0.6 is 11.6 Å². The normalized spacial score (nSPS) is 21.2. The first-order valence-corrected chi connectivity index (χ1v) is 5.74. The van der Waals surface area contributed by atoms with E-state index in [1.807, 2.05) is 30.3 Å². The average Bonchev–Trinajstić information content (AvgIpc) is 2.22. The van der Waals surface area contributed by atoms with Crippen LogP contribution in [0.25, 0.3) is 0 Å². The standard InChI is InChI=1S/C13H15ClO/c14-13-7-2-1-5-11(13)8-10-4-3-6-12(15)9-10/h1-2,5,7,9,12,15H,3-4,6,8H2. The first-order valence-electron chi connectivity index (χ1n) is 5.37. The largest absolute Gasteiger partial charge is 0.389 e. The second-order valence-corrected chi connectivity index (χ2v) is 4.46. The van der Waals surface area contributed by atoms with Gasteiger partial charge in [-0.1, -0.05) is 41.4 Å². The third kappa shape index (κ3) is 2.83. The third-order valence-corrected chi connectivity index (χ3v) is 3.17. The van der Waals surface area contributed by atoms with E-state index >= 15 is 0 Å². The molecule has 1 aromatic carbocycles. The summed E-state index contributed by atoms with van der Waals surface area (Å²) in [6, 6.07) is 7.90. The molecule has 80 valence electrons. The topological polar surface area (TPSA) is 20.2 Å². The molecule has 1 atom stereocenters. The zero-order chi connectivity index (χ0) is 10.7. The van der Waals surface area contributed by atoms with Gasteiger partial charge in [0, 0.05) is 5.02 Å². The lowest BCUT2D eigenvalue weighted by Crippen LogP contribution is -2.10. The Balaban J connectivity index is 2.12. The van der Waals surface area contributed by atoms with E-state index < -0.39 is 0 Å². The first kappa shape index (κ1) is 10.7. The molecule has 0 amide bonds. The number of aliphatic hydroxyl groups is 1. The minimum atomic E-state index is -0.253. The summed E-state index contributed by atoms with van der Waals surface area (Å²) in [5.41, 5.74) is 2.46. The maximum absolute atomic E-state index is 9.52. The fourth-order valence-electron chi connectivity index (χ4n) is 2.01. The number of hydrogen-bond donors (Lipinski definition) is 1. The average molecular weight is 223 g/mol. The van der Waals surface area contributed by atoms with Gasteiger partial charge in [-0.3, -0.25) is 0 Å². The van der Waals surface area contributed by atoms with E-state index in [1.54, 1.807) is 0 Å². The van der Waals surface area contributed by atoms with Crippen molar-refractivity contribution in [3.8, 4) is 0 Å². The van der Waals surface area contributed by atoms with Crippen molar-refractivity contribution in [2.24, 2.45) is 0 Å². The number of benzene rings is 1. The minimum absolute atomic E-state index is 0.253. The van der Waals surface area contributed by atoms with Gasteiger partial charge in [0.15, 0.2) is 0 Å². The Morgan fingerprint density at radius 2 is 2.13 bits per heavy atom. The molecule has 1 aliphatic rings. The lowest BCUT2D eigenvalue weighted by molar-refractivity contribution is 0.202. The highest BCUT2D eigenvalue weighted by Gasteiger charge is 2.11. The van der Waals surface area contributed by atoms with Gasteiger partial charge < -0.3 is 5.11 Å². The molecule has 0 saturated heterocycles. The zero-order valence-corrected chi connectivity index (χ0v) is 9.37. The highest BCUT2D eigenvalue weighted by Crippen LogP contribution is 2.24. The quantitative estimate of drug-likeness (QED) is 0.761. The molecule has 1 nitrogen and oxygen atoms in total. The molecule has 0 aliphatic heterocycles. The van der Waals surface area contributed by atoms with Crippen molar-refractivity contribution in [3.63, 3.8) is 0 Å². The Morgan fingerprint density at radius 1 is 1.33 bits per heavy atom. The molecule has 15 heavy (non-hydrogen) atoms. The molecular formula is C13H15ClO. The fourth-order valence-corrected chi connectivity index (χ4v) is 2.21. The zero-order valence-electron chi connectivity index (χ0n) is 8.62. The summed E-state index contributed by atoms with van der Waals surface area (Å²) in [5, 5.41) is 10.3. The van der Waals surface area contributed by atoms with Gasteiger partial charge in [-0.15, -0.1) is 0 Å². The van der Waals surface area contributed by atoms with E-state index in [0.717, 1.165) is 36.3 Å². The molecule has 0 fully saturated rings. The fraction of sp³-hybridized carbons (Fsp3) is 0.385. The number of rotatable bonds is 2. The van der Waals surface area contributed by atoms with Crippen LogP contribution in [-0.2, 0) is 6.42 Å². The van der Waals surface area contributed by atoms with Crippen LogP contribution in [0.2, 0.25) is 5.02 Å². The Kier molecular flexibility index (Phi) is 3.45. The van der Waals surface area contributed by atoms with Crippen LogP contribution in [0.15, 0.2) is 35.9 Å². The predicted octanol–water partition coefficient (Wildman–Crippen LogP) is 3.35. The van der Waals surface area contributed by atoms with Gasteiger partial charge in [-0.25, -0.2) is 0 Å². The molecule has 0 saturated carbocycles. The second kappa shape index (κ2) is 4.82. The summed E-state index contributed by atoms with van der Waals surface area (Å²) in [5.74, 6) is 0. The minimum Gasteiger partial charge on any atom is -0.389 e. The van der Waals surface area contributed by atoms with Crippen molar-refractivity contribution in [2.45, 2.75) is 31.8 Å². The van der Waals surface area contributed by atoms with E-state index in [0.29, 0.717) is 0 Å². The van der Waals surface area contributed by atoms with Crippen LogP contribution in [-0.4, -0.2) is 11.2 Å². The van der Waals surface area contributed by atoms with E-state index in [-0.39, 0.29) is 6.10 Å². The molecular weight excluding hydrogens is 208 g/mol. The highest BCUT2D eigenvalue weighted by molar-refractivity contribution is 6.31. The van der Waals surface area contributed by atoms with Crippen LogP contribution in [0.1, 0.15) is 24.8 Å². The Hall–Kier alpha value is -0.790. The van der Waals surface area contributed by atoms with E-state index in [9.17, 15) is 5.11 Å². The Labute approximate surface area is 95.4 Å². The van der Waals surface area contributed by atoms with E-state index in [2.05, 4.69) is 0 Å². The third-order valence-electron chi connectivity index (χ3n) is 2.80. The van der Waals surface area contributed by atoms with Crippen molar-refractivity contribution in [1.82, 2.24) is 0 Å². The van der Waals surface area contributed by atoms with Crippen molar-refractivity contribution in [2.75, 3.05) is 0 Å². The van der Waals surface area contributed by atoms with Gasteiger partial charge in [0.1, 0.15) is 0 Å². The van der Waals surface area contributed by atoms with Crippen LogP contribution in [0, 0.1) is 0 Å². The van der Waals surface area contributed by atoms with Crippen molar-refractivity contribution >= 4 is 11.6 Å². The number of hydrogen-bond acceptors (Lipinski definition) is 1. The summed E-state index contributed by atoms with van der Waals surface area (Å²) in [7, 11) is 0. The van der Waals surface area contributed by atoms with Crippen LogP contribution in [0.3, 0.4) is 0 Å². The van der Waals surface area contributed by atoms with Crippen molar-refractivity contribution in [1.29, 1.82) is 0 Å².